The fraction of sp³-hybridized carbons (Fsp3) is 0.632. The number of piperidine rings is 1. The lowest BCUT2D eigenvalue weighted by Crippen LogP contribution is -2.49. The summed E-state index contributed by atoms with van der Waals surface area (Å²) in [5.74, 6) is 0.296. The zero-order valence-corrected chi connectivity index (χ0v) is 16.2. The van der Waals surface area contributed by atoms with E-state index in [0.717, 1.165) is 38.0 Å². The second kappa shape index (κ2) is 8.97. The predicted molar refractivity (Wildman–Crippen MR) is 102 cm³/mol. The summed E-state index contributed by atoms with van der Waals surface area (Å²) in [7, 11) is -3.28. The van der Waals surface area contributed by atoms with Crippen LogP contribution < -0.4 is 0 Å². The van der Waals surface area contributed by atoms with Crippen LogP contribution in [0, 0.1) is 0 Å². The number of benzene rings is 1. The average molecular weight is 380 g/mol. The Hall–Kier alpha value is -1.44. The van der Waals surface area contributed by atoms with Gasteiger partial charge in [-0.3, -0.25) is 4.79 Å². The van der Waals surface area contributed by atoms with E-state index in [9.17, 15) is 13.2 Å². The maximum Gasteiger partial charge on any atom is 0.223 e. The number of hydrogen-bond acceptors (Lipinski definition) is 4. The molecule has 0 aromatic heterocycles. The summed E-state index contributed by atoms with van der Waals surface area (Å²) < 4.78 is 26.7. The number of piperazine rings is 1. The fourth-order valence-electron chi connectivity index (χ4n) is 3.66. The number of sulfonamides is 1. The molecule has 3 rings (SSSR count). The standard InChI is InChI=1S/C19H29N3O3S/c23-19(21-10-5-2-6-11-21)9-12-20-13-15-22(16-14-20)26(24,25)17-18-7-3-1-4-8-18/h1,3-4,7-8H,2,5-6,9-17H2. The molecule has 2 heterocycles. The first kappa shape index (κ1) is 19.3. The third kappa shape index (κ3) is 5.28. The van der Waals surface area contributed by atoms with E-state index in [2.05, 4.69) is 4.90 Å². The van der Waals surface area contributed by atoms with Crippen molar-refractivity contribution in [2.45, 2.75) is 31.4 Å². The minimum Gasteiger partial charge on any atom is -0.343 e. The number of amides is 1. The zero-order valence-electron chi connectivity index (χ0n) is 15.3. The molecule has 1 aromatic rings. The lowest BCUT2D eigenvalue weighted by molar-refractivity contribution is -0.132. The van der Waals surface area contributed by atoms with E-state index in [1.165, 1.54) is 6.42 Å². The van der Waals surface area contributed by atoms with E-state index in [1.807, 2.05) is 35.2 Å². The minimum absolute atomic E-state index is 0.0568. The van der Waals surface area contributed by atoms with Crippen molar-refractivity contribution in [2.75, 3.05) is 45.8 Å². The Morgan fingerprint density at radius 1 is 0.885 bits per heavy atom. The van der Waals surface area contributed by atoms with Gasteiger partial charge in [0.15, 0.2) is 0 Å². The number of hydrogen-bond donors (Lipinski definition) is 0. The Labute approximate surface area is 156 Å². The van der Waals surface area contributed by atoms with Crippen LogP contribution in [0.1, 0.15) is 31.2 Å². The van der Waals surface area contributed by atoms with Crippen molar-refractivity contribution in [1.82, 2.24) is 14.1 Å². The average Bonchev–Trinajstić information content (AvgIpc) is 2.67. The van der Waals surface area contributed by atoms with Crippen molar-refractivity contribution in [1.29, 1.82) is 0 Å². The van der Waals surface area contributed by atoms with Crippen LogP contribution >= 0.6 is 0 Å². The summed E-state index contributed by atoms with van der Waals surface area (Å²) in [5, 5.41) is 0. The first-order valence-electron chi connectivity index (χ1n) is 9.56. The van der Waals surface area contributed by atoms with Crippen molar-refractivity contribution >= 4 is 15.9 Å². The zero-order chi connectivity index (χ0) is 18.4. The van der Waals surface area contributed by atoms with E-state index in [-0.39, 0.29) is 11.7 Å². The van der Waals surface area contributed by atoms with Crippen LogP contribution in [0.15, 0.2) is 30.3 Å². The molecule has 2 aliphatic heterocycles. The molecule has 2 fully saturated rings. The van der Waals surface area contributed by atoms with Crippen molar-refractivity contribution in [3.63, 3.8) is 0 Å². The monoisotopic (exact) mass is 379 g/mol. The molecule has 1 aromatic carbocycles. The summed E-state index contributed by atoms with van der Waals surface area (Å²) in [5.41, 5.74) is 0.821. The molecule has 2 aliphatic rings. The molecular formula is C19H29N3O3S. The third-order valence-corrected chi connectivity index (χ3v) is 7.12. The Balaban J connectivity index is 1.43. The molecule has 6 nitrogen and oxygen atoms in total. The largest absolute Gasteiger partial charge is 0.343 e. The van der Waals surface area contributed by atoms with Gasteiger partial charge < -0.3 is 9.80 Å². The molecule has 0 atom stereocenters. The molecule has 0 N–H and O–H groups in total. The van der Waals surface area contributed by atoms with Gasteiger partial charge in [0.25, 0.3) is 0 Å². The highest BCUT2D eigenvalue weighted by Gasteiger charge is 2.27. The van der Waals surface area contributed by atoms with Gasteiger partial charge in [0.05, 0.1) is 5.75 Å². The van der Waals surface area contributed by atoms with Crippen LogP contribution in [0.4, 0.5) is 0 Å². The van der Waals surface area contributed by atoms with Crippen LogP contribution in [-0.2, 0) is 20.6 Å². The van der Waals surface area contributed by atoms with Crippen molar-refractivity contribution < 1.29 is 13.2 Å². The van der Waals surface area contributed by atoms with Crippen LogP contribution in [0.3, 0.4) is 0 Å². The maximum atomic E-state index is 12.6. The van der Waals surface area contributed by atoms with Gasteiger partial charge in [-0.15, -0.1) is 0 Å². The molecule has 0 saturated carbocycles. The predicted octanol–water partition coefficient (Wildman–Crippen LogP) is 1.54. The van der Waals surface area contributed by atoms with E-state index >= 15 is 0 Å². The molecule has 0 radical (unpaired) electrons. The quantitative estimate of drug-likeness (QED) is 0.752. The molecule has 26 heavy (non-hydrogen) atoms. The molecule has 1 amide bonds. The Kier molecular flexibility index (Phi) is 6.67. The number of carbonyl (C=O) groups excluding carboxylic acids is 1. The third-order valence-electron chi connectivity index (χ3n) is 5.27. The van der Waals surface area contributed by atoms with Gasteiger partial charge in [-0.05, 0) is 24.8 Å². The van der Waals surface area contributed by atoms with Gasteiger partial charge in [0.2, 0.25) is 15.9 Å². The Morgan fingerprint density at radius 2 is 1.54 bits per heavy atom. The molecule has 144 valence electrons. The molecule has 0 unspecified atom stereocenters. The maximum absolute atomic E-state index is 12.6. The molecule has 7 heteroatoms. The van der Waals surface area contributed by atoms with E-state index in [0.29, 0.717) is 32.6 Å². The normalized spacial score (nSPS) is 20.2. The lowest BCUT2D eigenvalue weighted by atomic mass is 10.1. The molecule has 0 aliphatic carbocycles. The Bertz CT molecular complexity index is 679. The number of carbonyl (C=O) groups is 1. The lowest BCUT2D eigenvalue weighted by Gasteiger charge is -2.34. The topological polar surface area (TPSA) is 60.9 Å². The van der Waals surface area contributed by atoms with Crippen molar-refractivity contribution in [3.8, 4) is 0 Å². The van der Waals surface area contributed by atoms with Crippen LogP contribution in [0.2, 0.25) is 0 Å². The summed E-state index contributed by atoms with van der Waals surface area (Å²) in [4.78, 5) is 16.4. The molecule has 2 saturated heterocycles. The van der Waals surface area contributed by atoms with Gasteiger partial charge >= 0.3 is 0 Å². The highest BCUT2D eigenvalue weighted by Crippen LogP contribution is 2.14. The number of rotatable bonds is 6. The van der Waals surface area contributed by atoms with Crippen molar-refractivity contribution in [2.24, 2.45) is 0 Å². The summed E-state index contributed by atoms with van der Waals surface area (Å²) in [6.07, 6.45) is 3.99. The first-order valence-corrected chi connectivity index (χ1v) is 11.2. The van der Waals surface area contributed by atoms with E-state index < -0.39 is 10.0 Å². The van der Waals surface area contributed by atoms with Gasteiger partial charge in [-0.2, -0.15) is 4.31 Å². The molecule has 0 spiro atoms. The highest BCUT2D eigenvalue weighted by molar-refractivity contribution is 7.88. The van der Waals surface area contributed by atoms with Crippen LogP contribution in [-0.4, -0.2) is 74.2 Å². The smallest absolute Gasteiger partial charge is 0.223 e. The van der Waals surface area contributed by atoms with Gasteiger partial charge in [-0.1, -0.05) is 30.3 Å². The van der Waals surface area contributed by atoms with Crippen LogP contribution in [0.25, 0.3) is 0 Å². The summed E-state index contributed by atoms with van der Waals surface area (Å²) in [6.45, 7) is 4.92. The minimum atomic E-state index is -3.28. The SMILES string of the molecule is O=C(CCN1CCN(S(=O)(=O)Cc2ccccc2)CC1)N1CCCCC1. The first-order chi connectivity index (χ1) is 12.5. The summed E-state index contributed by atoms with van der Waals surface area (Å²) in [6, 6.07) is 9.31. The van der Waals surface area contributed by atoms with E-state index in [4.69, 9.17) is 0 Å². The second-order valence-corrected chi connectivity index (χ2v) is 9.14. The van der Waals surface area contributed by atoms with Crippen LogP contribution in [0.5, 0.6) is 0 Å². The van der Waals surface area contributed by atoms with E-state index in [1.54, 1.807) is 4.31 Å². The second-order valence-electron chi connectivity index (χ2n) is 7.17. The Morgan fingerprint density at radius 3 is 2.19 bits per heavy atom. The van der Waals surface area contributed by atoms with Gasteiger partial charge in [0, 0.05) is 52.2 Å². The highest BCUT2D eigenvalue weighted by atomic mass is 32.2. The fourth-order valence-corrected chi connectivity index (χ4v) is 5.18. The van der Waals surface area contributed by atoms with Gasteiger partial charge in [0.1, 0.15) is 0 Å². The van der Waals surface area contributed by atoms with Gasteiger partial charge in [-0.25, -0.2) is 8.42 Å². The van der Waals surface area contributed by atoms with Crippen molar-refractivity contribution in [3.05, 3.63) is 35.9 Å². The number of likely N-dealkylation sites (tertiary alicyclic amines) is 1. The molecule has 0 bridgehead atoms. The summed E-state index contributed by atoms with van der Waals surface area (Å²) >= 11 is 0. The number of nitrogens with zero attached hydrogens (tertiary/aromatic N) is 3. The molecular weight excluding hydrogens is 350 g/mol.